The van der Waals surface area contributed by atoms with E-state index in [-0.39, 0.29) is 16.5 Å². The molecule has 34 heavy (non-hydrogen) atoms. The molecule has 2 aromatic carbocycles. The van der Waals surface area contributed by atoms with Crippen LogP contribution in [-0.2, 0) is 4.74 Å². The highest BCUT2D eigenvalue weighted by molar-refractivity contribution is 5.81. The van der Waals surface area contributed by atoms with Crippen LogP contribution >= 0.6 is 0 Å². The minimum atomic E-state index is -0.915. The summed E-state index contributed by atoms with van der Waals surface area (Å²) < 4.78 is 27.2. The third kappa shape index (κ3) is 4.19. The van der Waals surface area contributed by atoms with Gasteiger partial charge in [0, 0.05) is 6.54 Å². The molecule has 3 aromatic rings. The molecule has 0 saturated carbocycles. The van der Waals surface area contributed by atoms with Crippen molar-refractivity contribution in [2.24, 2.45) is 0 Å². The average molecular weight is 464 g/mol. The number of rotatable bonds is 3. The number of hydrogen-bond acceptors (Lipinski definition) is 6. The van der Waals surface area contributed by atoms with Crippen LogP contribution in [0.4, 0.5) is 9.18 Å². The first-order valence-electron chi connectivity index (χ1n) is 10.9. The lowest BCUT2D eigenvalue weighted by atomic mass is 10.1. The van der Waals surface area contributed by atoms with E-state index in [1.807, 2.05) is 0 Å². The maximum Gasteiger partial charge on any atom is 0.410 e. The maximum absolute atomic E-state index is 15.1. The van der Waals surface area contributed by atoms with E-state index in [9.17, 15) is 14.9 Å². The smallest absolute Gasteiger partial charge is 0.410 e. The van der Waals surface area contributed by atoms with Crippen molar-refractivity contribution in [3.05, 3.63) is 64.0 Å². The number of aromatic nitrogens is 2. The van der Waals surface area contributed by atoms with Gasteiger partial charge < -0.3 is 9.47 Å². The molecule has 176 valence electrons. The molecule has 0 spiro atoms. The molecule has 8 nitrogen and oxygen atoms in total. The van der Waals surface area contributed by atoms with E-state index >= 15 is 4.39 Å². The van der Waals surface area contributed by atoms with E-state index < -0.39 is 29.1 Å². The summed E-state index contributed by atoms with van der Waals surface area (Å²) in [4.78, 5) is 32.8. The van der Waals surface area contributed by atoms with Crippen LogP contribution in [0.5, 0.6) is 5.75 Å². The Morgan fingerprint density at radius 2 is 1.91 bits per heavy atom. The molecule has 0 bridgehead atoms. The van der Waals surface area contributed by atoms with Gasteiger partial charge in [-0.15, -0.1) is 0 Å². The van der Waals surface area contributed by atoms with Gasteiger partial charge in [0.2, 0.25) is 0 Å². The second-order valence-corrected chi connectivity index (χ2v) is 9.07. The molecule has 0 N–H and O–H groups in total. The largest absolute Gasteiger partial charge is 0.497 e. The molecule has 0 unspecified atom stereocenters. The summed E-state index contributed by atoms with van der Waals surface area (Å²) in [6.45, 7) is 5.80. The zero-order valence-corrected chi connectivity index (χ0v) is 19.5. The van der Waals surface area contributed by atoms with Gasteiger partial charge in [-0.25, -0.2) is 14.2 Å². The monoisotopic (exact) mass is 464 g/mol. The number of ether oxygens (including phenoxy) is 2. The molecule has 4 rings (SSSR count). The second-order valence-electron chi connectivity index (χ2n) is 9.07. The van der Waals surface area contributed by atoms with Crippen molar-refractivity contribution in [1.29, 1.82) is 5.26 Å². The number of likely N-dealkylation sites (tertiary alicyclic amines) is 1. The Hall–Kier alpha value is -3.93. The van der Waals surface area contributed by atoms with Gasteiger partial charge in [-0.3, -0.25) is 14.3 Å². The zero-order chi connectivity index (χ0) is 24.6. The number of carbonyl (C=O) groups excluding carboxylic acids is 1. The van der Waals surface area contributed by atoms with Gasteiger partial charge in [0.15, 0.2) is 5.82 Å². The van der Waals surface area contributed by atoms with Crippen LogP contribution in [-0.4, -0.2) is 39.8 Å². The van der Waals surface area contributed by atoms with Gasteiger partial charge >= 0.3 is 6.09 Å². The van der Waals surface area contributed by atoms with E-state index in [0.29, 0.717) is 36.6 Å². The first kappa shape index (κ1) is 23.2. The lowest BCUT2D eigenvalue weighted by molar-refractivity contribution is 0.0216. The molecular weight excluding hydrogens is 439 g/mol. The first-order valence-corrected chi connectivity index (χ1v) is 10.9. The number of nitriles is 1. The Balaban J connectivity index is 1.96. The van der Waals surface area contributed by atoms with Crippen LogP contribution < -0.4 is 10.3 Å². The van der Waals surface area contributed by atoms with Crippen LogP contribution in [0.1, 0.15) is 51.0 Å². The Kier molecular flexibility index (Phi) is 6.00. The average Bonchev–Trinajstić information content (AvgIpc) is 3.28. The molecule has 0 radical (unpaired) electrons. The fourth-order valence-corrected chi connectivity index (χ4v) is 4.12. The van der Waals surface area contributed by atoms with Gasteiger partial charge in [-0.1, -0.05) is 0 Å². The van der Waals surface area contributed by atoms with Gasteiger partial charge in [-0.05, 0) is 70.0 Å². The predicted octanol–water partition coefficient (Wildman–Crippen LogP) is 4.48. The molecule has 2 heterocycles. The minimum absolute atomic E-state index is 0.123. The van der Waals surface area contributed by atoms with Crippen LogP contribution in [0.2, 0.25) is 0 Å². The second kappa shape index (κ2) is 8.78. The number of benzene rings is 2. The highest BCUT2D eigenvalue weighted by Crippen LogP contribution is 2.34. The Bertz CT molecular complexity index is 1350. The highest BCUT2D eigenvalue weighted by Gasteiger charge is 2.36. The Labute approximate surface area is 196 Å². The standard InChI is InChI=1S/C25H25FN4O4/c1-25(2,3)34-24(32)29-13-5-6-19(29)22-28-18-12-7-15(14-27)21(26)20(18)23(31)30(22)16-8-10-17(33-4)11-9-16/h7-12,19H,5-6,13H2,1-4H3/t19-/m1/s1. The number of hydrogen-bond donors (Lipinski definition) is 0. The number of carbonyl (C=O) groups is 1. The van der Waals surface area contributed by atoms with Crippen molar-refractivity contribution in [1.82, 2.24) is 14.5 Å². The summed E-state index contributed by atoms with van der Waals surface area (Å²) in [7, 11) is 1.53. The molecule has 1 amide bonds. The normalized spacial score (nSPS) is 15.9. The van der Waals surface area contributed by atoms with Crippen molar-refractivity contribution in [3.63, 3.8) is 0 Å². The van der Waals surface area contributed by atoms with Crippen molar-refractivity contribution < 1.29 is 18.7 Å². The van der Waals surface area contributed by atoms with Crippen LogP contribution in [0.15, 0.2) is 41.2 Å². The Morgan fingerprint density at radius 3 is 2.53 bits per heavy atom. The molecule has 0 aliphatic carbocycles. The summed E-state index contributed by atoms with van der Waals surface area (Å²) in [5.41, 5.74) is -1.02. The summed E-state index contributed by atoms with van der Waals surface area (Å²) >= 11 is 0. The summed E-state index contributed by atoms with van der Waals surface area (Å²) in [5.74, 6) is -0.0295. The maximum atomic E-state index is 15.1. The Morgan fingerprint density at radius 1 is 1.21 bits per heavy atom. The van der Waals surface area contributed by atoms with E-state index in [2.05, 4.69) is 4.98 Å². The van der Waals surface area contributed by atoms with Gasteiger partial charge in [0.25, 0.3) is 5.56 Å². The molecule has 1 aliphatic heterocycles. The molecule has 1 aliphatic rings. The lowest BCUT2D eigenvalue weighted by Gasteiger charge is -2.29. The first-order chi connectivity index (χ1) is 16.1. The van der Waals surface area contributed by atoms with Crippen molar-refractivity contribution in [3.8, 4) is 17.5 Å². The number of nitrogens with zero attached hydrogens (tertiary/aromatic N) is 4. The number of fused-ring (bicyclic) bond motifs is 1. The van der Waals surface area contributed by atoms with E-state index in [0.717, 1.165) is 0 Å². The quantitative estimate of drug-likeness (QED) is 0.567. The summed E-state index contributed by atoms with van der Waals surface area (Å²) in [5, 5.41) is 8.96. The molecule has 9 heteroatoms. The van der Waals surface area contributed by atoms with Crippen LogP contribution in [0.3, 0.4) is 0 Å². The van der Waals surface area contributed by atoms with Gasteiger partial charge in [0.05, 0.1) is 29.9 Å². The third-order valence-electron chi connectivity index (χ3n) is 5.63. The van der Waals surface area contributed by atoms with Gasteiger partial charge in [-0.2, -0.15) is 5.26 Å². The number of halogens is 1. The zero-order valence-electron chi connectivity index (χ0n) is 19.5. The van der Waals surface area contributed by atoms with Crippen LogP contribution in [0.25, 0.3) is 16.6 Å². The van der Waals surface area contributed by atoms with Crippen LogP contribution in [0, 0.1) is 17.1 Å². The third-order valence-corrected chi connectivity index (χ3v) is 5.63. The topological polar surface area (TPSA) is 97.4 Å². The predicted molar refractivity (Wildman–Crippen MR) is 123 cm³/mol. The molecule has 1 aromatic heterocycles. The molecular formula is C25H25FN4O4. The van der Waals surface area contributed by atoms with Crippen molar-refractivity contribution in [2.45, 2.75) is 45.3 Å². The van der Waals surface area contributed by atoms with E-state index in [4.69, 9.17) is 9.47 Å². The van der Waals surface area contributed by atoms with Gasteiger partial charge in [0.1, 0.15) is 28.6 Å². The number of amides is 1. The van der Waals surface area contributed by atoms with Crippen molar-refractivity contribution in [2.75, 3.05) is 13.7 Å². The summed E-state index contributed by atoms with van der Waals surface area (Å²) in [6, 6.07) is 10.6. The highest BCUT2D eigenvalue weighted by atomic mass is 19.1. The van der Waals surface area contributed by atoms with Crippen molar-refractivity contribution >= 4 is 17.0 Å². The molecule has 1 fully saturated rings. The SMILES string of the molecule is COc1ccc(-n2c([C@H]3CCCN3C(=O)OC(C)(C)C)nc3ccc(C#N)c(F)c3c2=O)cc1. The number of methoxy groups -OCH3 is 1. The fourth-order valence-electron chi connectivity index (χ4n) is 4.12. The molecule has 1 saturated heterocycles. The fraction of sp³-hybridized carbons (Fsp3) is 0.360. The lowest BCUT2D eigenvalue weighted by Crippen LogP contribution is -2.38. The van der Waals surface area contributed by atoms with E-state index in [1.165, 1.54) is 23.8 Å². The van der Waals surface area contributed by atoms with E-state index in [1.54, 1.807) is 56.0 Å². The molecule has 1 atom stereocenters. The summed E-state index contributed by atoms with van der Waals surface area (Å²) in [6.07, 6.45) is 0.755. The minimum Gasteiger partial charge on any atom is -0.497 e.